The molecule has 0 fully saturated rings. The van der Waals surface area contributed by atoms with Gasteiger partial charge >= 0.3 is 0 Å². The fourth-order valence-electron chi connectivity index (χ4n) is 2.66. The maximum absolute atomic E-state index is 12.1. The Balaban J connectivity index is 1.62. The number of benzene rings is 1. The van der Waals surface area contributed by atoms with E-state index in [1.165, 1.54) is 23.8 Å². The molecule has 0 aliphatic carbocycles. The summed E-state index contributed by atoms with van der Waals surface area (Å²) >= 11 is 0. The topological polar surface area (TPSA) is 107 Å². The van der Waals surface area contributed by atoms with E-state index in [-0.39, 0.29) is 30.2 Å². The summed E-state index contributed by atoms with van der Waals surface area (Å²) in [6.07, 6.45) is 1.83. The second-order valence-corrected chi connectivity index (χ2v) is 6.17. The van der Waals surface area contributed by atoms with Crippen molar-refractivity contribution >= 4 is 5.91 Å². The van der Waals surface area contributed by atoms with Crippen LogP contribution in [-0.2, 0) is 17.9 Å². The van der Waals surface area contributed by atoms with Gasteiger partial charge in [-0.3, -0.25) is 9.59 Å². The molecule has 0 saturated carbocycles. The van der Waals surface area contributed by atoms with Gasteiger partial charge in [0.1, 0.15) is 11.5 Å². The summed E-state index contributed by atoms with van der Waals surface area (Å²) in [5, 5.41) is 12.5. The minimum atomic E-state index is -0.189. The van der Waals surface area contributed by atoms with Crippen molar-refractivity contribution in [1.82, 2.24) is 14.9 Å². The predicted molar refractivity (Wildman–Crippen MR) is 102 cm³/mol. The summed E-state index contributed by atoms with van der Waals surface area (Å²) in [5.41, 5.74) is 1.11. The van der Waals surface area contributed by atoms with Crippen LogP contribution >= 0.6 is 0 Å². The fourth-order valence-corrected chi connectivity index (χ4v) is 2.66. The van der Waals surface area contributed by atoms with Crippen LogP contribution < -0.4 is 15.6 Å². The zero-order chi connectivity index (χ0) is 20.1. The number of amides is 1. The molecule has 1 amide bonds. The summed E-state index contributed by atoms with van der Waals surface area (Å²) in [6.45, 7) is 2.29. The molecule has 2 N–H and O–H groups in total. The minimum Gasteiger partial charge on any atom is -0.504 e. The van der Waals surface area contributed by atoms with Crippen LogP contribution in [0.4, 0.5) is 0 Å². The smallest absolute Gasteiger partial charge is 0.250 e. The highest BCUT2D eigenvalue weighted by Gasteiger charge is 2.14. The van der Waals surface area contributed by atoms with Gasteiger partial charge in [-0.1, -0.05) is 6.07 Å². The third-order valence-electron chi connectivity index (χ3n) is 4.25. The number of methoxy groups -OCH3 is 1. The van der Waals surface area contributed by atoms with Crippen LogP contribution in [0.15, 0.2) is 51.8 Å². The van der Waals surface area contributed by atoms with Gasteiger partial charge in [-0.05, 0) is 31.2 Å². The lowest BCUT2D eigenvalue weighted by Crippen LogP contribution is -2.26. The van der Waals surface area contributed by atoms with E-state index in [0.717, 1.165) is 0 Å². The van der Waals surface area contributed by atoms with Crippen molar-refractivity contribution in [3.8, 4) is 23.0 Å². The lowest BCUT2D eigenvalue weighted by Gasteiger charge is -2.06. The Morgan fingerprint density at radius 1 is 1.32 bits per heavy atom. The van der Waals surface area contributed by atoms with Gasteiger partial charge in [0.15, 0.2) is 11.5 Å². The highest BCUT2D eigenvalue weighted by molar-refractivity contribution is 5.75. The van der Waals surface area contributed by atoms with Crippen molar-refractivity contribution in [2.75, 3.05) is 7.11 Å². The van der Waals surface area contributed by atoms with Gasteiger partial charge in [-0.15, -0.1) is 0 Å². The number of ether oxygens (including phenoxy) is 1. The standard InChI is InChI=1S/C20H21N3O5/c1-13-15(12-21-18(25)8-10-23-9-4-3-5-19(23)26)22-20(28-13)14-6-7-16(24)17(11-14)27-2/h3-7,9,11,24H,8,10,12H2,1-2H3,(H,21,25). The van der Waals surface area contributed by atoms with Crippen molar-refractivity contribution in [1.29, 1.82) is 0 Å². The van der Waals surface area contributed by atoms with Gasteiger partial charge in [0, 0.05) is 30.8 Å². The Hall–Kier alpha value is -3.55. The number of hydrogen-bond donors (Lipinski definition) is 2. The summed E-state index contributed by atoms with van der Waals surface area (Å²) < 4.78 is 12.2. The molecule has 0 aliphatic rings. The van der Waals surface area contributed by atoms with E-state index in [2.05, 4.69) is 10.3 Å². The Labute approximate surface area is 161 Å². The van der Waals surface area contributed by atoms with Crippen molar-refractivity contribution in [3.05, 3.63) is 64.4 Å². The zero-order valence-corrected chi connectivity index (χ0v) is 15.6. The van der Waals surface area contributed by atoms with E-state index < -0.39 is 0 Å². The number of oxazole rings is 1. The van der Waals surface area contributed by atoms with E-state index in [1.807, 2.05) is 0 Å². The van der Waals surface area contributed by atoms with Crippen LogP contribution in [0.25, 0.3) is 11.5 Å². The van der Waals surface area contributed by atoms with Crippen LogP contribution in [0.1, 0.15) is 17.9 Å². The zero-order valence-electron chi connectivity index (χ0n) is 15.6. The number of phenols is 1. The molecule has 8 nitrogen and oxygen atoms in total. The first kappa shape index (κ1) is 19.2. The van der Waals surface area contributed by atoms with Crippen LogP contribution in [0.3, 0.4) is 0 Å². The van der Waals surface area contributed by atoms with Crippen LogP contribution in [0.2, 0.25) is 0 Å². The number of hydrogen-bond acceptors (Lipinski definition) is 6. The number of aromatic hydroxyl groups is 1. The molecule has 0 atom stereocenters. The largest absolute Gasteiger partial charge is 0.504 e. The molecule has 2 heterocycles. The molecular formula is C20H21N3O5. The van der Waals surface area contributed by atoms with Gasteiger partial charge < -0.3 is 24.1 Å². The van der Waals surface area contributed by atoms with Crippen LogP contribution in [0, 0.1) is 6.92 Å². The first-order valence-corrected chi connectivity index (χ1v) is 8.74. The van der Waals surface area contributed by atoms with E-state index in [4.69, 9.17) is 9.15 Å². The van der Waals surface area contributed by atoms with E-state index in [1.54, 1.807) is 37.4 Å². The Morgan fingerprint density at radius 2 is 2.14 bits per heavy atom. The summed E-state index contributed by atoms with van der Waals surface area (Å²) in [4.78, 5) is 28.1. The number of rotatable bonds is 7. The number of aryl methyl sites for hydroxylation is 2. The summed E-state index contributed by atoms with van der Waals surface area (Å²) in [7, 11) is 1.46. The number of carbonyl (C=O) groups is 1. The number of phenolic OH excluding ortho intramolecular Hbond substituents is 1. The lowest BCUT2D eigenvalue weighted by atomic mass is 10.2. The molecule has 0 saturated heterocycles. The highest BCUT2D eigenvalue weighted by atomic mass is 16.5. The quantitative estimate of drug-likeness (QED) is 0.648. The third-order valence-corrected chi connectivity index (χ3v) is 4.25. The molecule has 0 bridgehead atoms. The Morgan fingerprint density at radius 3 is 2.89 bits per heavy atom. The van der Waals surface area contributed by atoms with Gasteiger partial charge in [-0.25, -0.2) is 4.98 Å². The molecule has 1 aromatic carbocycles. The van der Waals surface area contributed by atoms with Crippen molar-refractivity contribution in [3.63, 3.8) is 0 Å². The van der Waals surface area contributed by atoms with Gasteiger partial charge in [-0.2, -0.15) is 0 Å². The van der Waals surface area contributed by atoms with Crippen molar-refractivity contribution in [2.24, 2.45) is 0 Å². The van der Waals surface area contributed by atoms with Gasteiger partial charge in [0.2, 0.25) is 11.8 Å². The van der Waals surface area contributed by atoms with Crippen molar-refractivity contribution < 1.29 is 19.1 Å². The maximum Gasteiger partial charge on any atom is 0.250 e. The van der Waals surface area contributed by atoms with E-state index in [9.17, 15) is 14.7 Å². The summed E-state index contributed by atoms with van der Waals surface area (Å²) in [5.74, 6) is 1.11. The number of pyridine rings is 1. The molecule has 3 aromatic rings. The third kappa shape index (κ3) is 4.40. The average Bonchev–Trinajstić information content (AvgIpc) is 3.06. The lowest BCUT2D eigenvalue weighted by molar-refractivity contribution is -0.121. The second-order valence-electron chi connectivity index (χ2n) is 6.17. The molecule has 3 rings (SSSR count). The Bertz CT molecular complexity index is 1040. The number of nitrogens with one attached hydrogen (secondary N) is 1. The van der Waals surface area contributed by atoms with Gasteiger partial charge in [0.05, 0.1) is 13.7 Å². The van der Waals surface area contributed by atoms with E-state index >= 15 is 0 Å². The SMILES string of the molecule is COc1cc(-c2nc(CNC(=O)CCn3ccccc3=O)c(C)o2)ccc1O. The first-order chi connectivity index (χ1) is 13.5. The molecule has 8 heteroatoms. The molecule has 2 aromatic heterocycles. The minimum absolute atomic E-state index is 0.0273. The summed E-state index contributed by atoms with van der Waals surface area (Å²) in [6, 6.07) is 9.66. The number of aromatic nitrogens is 2. The molecule has 0 spiro atoms. The normalized spacial score (nSPS) is 10.6. The van der Waals surface area contributed by atoms with Crippen molar-refractivity contribution in [2.45, 2.75) is 26.4 Å². The number of nitrogens with zero attached hydrogens (tertiary/aromatic N) is 2. The molecule has 146 valence electrons. The molecule has 0 radical (unpaired) electrons. The molecule has 0 aliphatic heterocycles. The van der Waals surface area contributed by atoms with Crippen LogP contribution in [-0.4, -0.2) is 27.7 Å². The van der Waals surface area contributed by atoms with Gasteiger partial charge in [0.25, 0.3) is 5.56 Å². The second kappa shape index (κ2) is 8.43. The average molecular weight is 383 g/mol. The maximum atomic E-state index is 12.1. The van der Waals surface area contributed by atoms with E-state index in [0.29, 0.717) is 35.2 Å². The monoisotopic (exact) mass is 383 g/mol. The number of carbonyl (C=O) groups excluding carboxylic acids is 1. The molecule has 0 unspecified atom stereocenters. The Kier molecular flexibility index (Phi) is 5.78. The first-order valence-electron chi connectivity index (χ1n) is 8.74. The highest BCUT2D eigenvalue weighted by Crippen LogP contribution is 2.31. The molecular weight excluding hydrogens is 362 g/mol. The molecule has 28 heavy (non-hydrogen) atoms. The predicted octanol–water partition coefficient (Wildman–Crippen LogP) is 2.23. The fraction of sp³-hybridized carbons (Fsp3) is 0.250. The van der Waals surface area contributed by atoms with Crippen LogP contribution in [0.5, 0.6) is 11.5 Å².